The largest absolute Gasteiger partial charge is 0.358 e. The van der Waals surface area contributed by atoms with E-state index >= 15 is 0 Å². The summed E-state index contributed by atoms with van der Waals surface area (Å²) in [5, 5.41) is 3.03. The van der Waals surface area contributed by atoms with Crippen LogP contribution in [0.4, 0.5) is 4.79 Å². The van der Waals surface area contributed by atoms with E-state index in [4.69, 9.17) is 0 Å². The van der Waals surface area contributed by atoms with Crippen LogP contribution < -0.4 is 26.5 Å². The average molecular weight is 437 g/mol. The first-order valence-corrected chi connectivity index (χ1v) is 10.6. The molecule has 2 aromatic carbocycles. The predicted octanol–water partition coefficient (Wildman–Crippen LogP) is 0.717. The van der Waals surface area contributed by atoms with Crippen LogP contribution in [0.1, 0.15) is 25.0 Å². The Bertz CT molecular complexity index is 651. The van der Waals surface area contributed by atoms with Crippen molar-refractivity contribution in [3.8, 4) is 0 Å². The number of nitrogens with zero attached hydrogens (tertiary/aromatic N) is 1. The first-order valence-electron chi connectivity index (χ1n) is 8.46. The summed E-state index contributed by atoms with van der Waals surface area (Å²) in [6.07, 6.45) is 0.884. The second kappa shape index (κ2) is 9.67. The molecule has 0 unspecified atom stereocenters. The standard InChI is InChI=1S/C20H25IN2O/c1-4-23(5-2)20(24)22-15-14-17-8-6-7-9-19(17)21-18-12-10-16(3)11-13-18/h6-13H,4-5,14-15H2,1-3H3/p+1. The van der Waals surface area contributed by atoms with Gasteiger partial charge in [0.25, 0.3) is 0 Å². The number of aryl methyl sites for hydroxylation is 1. The number of carbonyl (C=O) groups is 1. The highest BCUT2D eigenvalue weighted by molar-refractivity contribution is 5.74. The Morgan fingerprint density at radius 2 is 1.71 bits per heavy atom. The van der Waals surface area contributed by atoms with E-state index < -0.39 is 0 Å². The van der Waals surface area contributed by atoms with Gasteiger partial charge in [0.2, 0.25) is 0 Å². The smallest absolute Gasteiger partial charge is 0.338 e. The van der Waals surface area contributed by atoms with E-state index in [1.54, 1.807) is 0 Å². The molecule has 0 aliphatic carbocycles. The van der Waals surface area contributed by atoms with Gasteiger partial charge in [0.1, 0.15) is 0 Å². The van der Waals surface area contributed by atoms with Gasteiger partial charge in [0.05, 0.1) is 0 Å². The van der Waals surface area contributed by atoms with Crippen molar-refractivity contribution in [1.29, 1.82) is 0 Å². The molecule has 0 saturated carbocycles. The summed E-state index contributed by atoms with van der Waals surface area (Å²) >= 11 is -0.182. The Labute approximate surface area is 155 Å². The zero-order valence-electron chi connectivity index (χ0n) is 14.7. The van der Waals surface area contributed by atoms with Crippen molar-refractivity contribution in [3.63, 3.8) is 0 Å². The number of rotatable bonds is 7. The van der Waals surface area contributed by atoms with Crippen LogP contribution >= 0.6 is 0 Å². The van der Waals surface area contributed by atoms with Gasteiger partial charge in [-0.1, -0.05) is 35.9 Å². The first-order chi connectivity index (χ1) is 11.6. The maximum absolute atomic E-state index is 12.0. The molecular formula is C20H26IN2O+. The van der Waals surface area contributed by atoms with Crippen molar-refractivity contribution in [2.45, 2.75) is 27.2 Å². The van der Waals surface area contributed by atoms with Gasteiger partial charge in [-0.15, -0.1) is 0 Å². The van der Waals surface area contributed by atoms with E-state index in [2.05, 4.69) is 60.8 Å². The van der Waals surface area contributed by atoms with Crippen molar-refractivity contribution >= 4 is 6.03 Å². The number of nitrogens with one attached hydrogen (secondary N) is 1. The molecule has 2 rings (SSSR count). The summed E-state index contributed by atoms with van der Waals surface area (Å²) in [6.45, 7) is 8.31. The molecule has 0 aromatic heterocycles. The van der Waals surface area contributed by atoms with Gasteiger partial charge in [-0.3, -0.25) is 0 Å². The summed E-state index contributed by atoms with van der Waals surface area (Å²) < 4.78 is 2.87. The van der Waals surface area contributed by atoms with Crippen LogP contribution in [-0.2, 0) is 6.42 Å². The van der Waals surface area contributed by atoms with Gasteiger partial charge in [-0.2, -0.15) is 0 Å². The SMILES string of the molecule is CCN(CC)C(=O)NCCc1ccccc1[I+]c1ccc(C)cc1. The molecule has 3 nitrogen and oxygen atoms in total. The molecule has 0 spiro atoms. The van der Waals surface area contributed by atoms with Gasteiger partial charge < -0.3 is 10.2 Å². The van der Waals surface area contributed by atoms with Gasteiger partial charge in [-0.05, 0) is 45.4 Å². The average Bonchev–Trinajstić information content (AvgIpc) is 2.59. The van der Waals surface area contributed by atoms with E-state index in [1.807, 2.05) is 18.7 Å². The maximum atomic E-state index is 12.0. The molecule has 4 heteroatoms. The molecule has 0 fully saturated rings. The van der Waals surface area contributed by atoms with Crippen LogP contribution in [0.3, 0.4) is 0 Å². The topological polar surface area (TPSA) is 32.3 Å². The van der Waals surface area contributed by atoms with Crippen molar-refractivity contribution in [2.24, 2.45) is 0 Å². The van der Waals surface area contributed by atoms with Crippen molar-refractivity contribution in [3.05, 3.63) is 66.8 Å². The Hall–Kier alpha value is -1.56. The van der Waals surface area contributed by atoms with E-state index in [9.17, 15) is 4.79 Å². The lowest BCUT2D eigenvalue weighted by molar-refractivity contribution is -0.598. The number of hydrogen-bond acceptors (Lipinski definition) is 1. The van der Waals surface area contributed by atoms with Crippen molar-refractivity contribution < 1.29 is 26.0 Å². The molecule has 1 N–H and O–H groups in total. The third kappa shape index (κ3) is 5.51. The van der Waals surface area contributed by atoms with Gasteiger partial charge in [0, 0.05) is 25.2 Å². The molecule has 0 heterocycles. The Morgan fingerprint density at radius 3 is 2.38 bits per heavy atom. The number of halogens is 1. The van der Waals surface area contributed by atoms with Crippen LogP contribution in [0.5, 0.6) is 0 Å². The van der Waals surface area contributed by atoms with Crippen LogP contribution in [0.25, 0.3) is 0 Å². The fraction of sp³-hybridized carbons (Fsp3) is 0.350. The lowest BCUT2D eigenvalue weighted by Gasteiger charge is -2.19. The summed E-state index contributed by atoms with van der Waals surface area (Å²) in [4.78, 5) is 13.8. The van der Waals surface area contributed by atoms with E-state index in [0.717, 1.165) is 19.5 Å². The van der Waals surface area contributed by atoms with Crippen LogP contribution in [0.15, 0.2) is 48.5 Å². The fourth-order valence-electron chi connectivity index (χ4n) is 2.43. The summed E-state index contributed by atoms with van der Waals surface area (Å²) in [7, 11) is 0. The normalized spacial score (nSPS) is 10.5. The van der Waals surface area contributed by atoms with Gasteiger partial charge in [-0.25, -0.2) is 4.79 Å². The molecule has 0 aliphatic heterocycles. The Morgan fingerprint density at radius 1 is 1.04 bits per heavy atom. The third-order valence-corrected chi connectivity index (χ3v) is 6.88. The van der Waals surface area contributed by atoms with Crippen molar-refractivity contribution in [1.82, 2.24) is 10.2 Å². The third-order valence-electron chi connectivity index (χ3n) is 3.90. The van der Waals surface area contributed by atoms with Gasteiger partial charge >= 0.3 is 27.2 Å². The second-order valence-electron chi connectivity index (χ2n) is 5.64. The minimum absolute atomic E-state index is 0.0331. The number of hydrogen-bond donors (Lipinski definition) is 1. The van der Waals surface area contributed by atoms with E-state index in [-0.39, 0.29) is 27.2 Å². The highest BCUT2D eigenvalue weighted by atomic mass is 127. The quantitative estimate of drug-likeness (QED) is 0.637. The second-order valence-corrected chi connectivity index (χ2v) is 8.58. The number of urea groups is 1. The molecule has 0 aliphatic rings. The highest BCUT2D eigenvalue weighted by Crippen LogP contribution is 2.00. The summed E-state index contributed by atoms with van der Waals surface area (Å²) in [5.74, 6) is 0. The molecule has 0 radical (unpaired) electrons. The minimum Gasteiger partial charge on any atom is -0.338 e. The van der Waals surface area contributed by atoms with Crippen LogP contribution in [0.2, 0.25) is 0 Å². The molecule has 2 aromatic rings. The summed E-state index contributed by atoms with van der Waals surface area (Å²) in [5.41, 5.74) is 2.65. The molecule has 0 atom stereocenters. The molecule has 2 amide bonds. The predicted molar refractivity (Wildman–Crippen MR) is 95.0 cm³/mol. The molecule has 24 heavy (non-hydrogen) atoms. The monoisotopic (exact) mass is 437 g/mol. The van der Waals surface area contributed by atoms with Crippen LogP contribution in [-0.4, -0.2) is 30.6 Å². The summed E-state index contributed by atoms with van der Waals surface area (Å²) in [6, 6.07) is 17.5. The number of amides is 2. The fourth-order valence-corrected chi connectivity index (χ4v) is 5.01. The van der Waals surface area contributed by atoms with Crippen molar-refractivity contribution in [2.75, 3.05) is 19.6 Å². The molecule has 0 bridgehead atoms. The lowest BCUT2D eigenvalue weighted by atomic mass is 10.1. The zero-order chi connectivity index (χ0) is 17.4. The first kappa shape index (κ1) is 18.8. The van der Waals surface area contributed by atoms with E-state index in [0.29, 0.717) is 6.54 Å². The molecule has 0 saturated heterocycles. The minimum atomic E-state index is -0.182. The van der Waals surface area contributed by atoms with E-state index in [1.165, 1.54) is 18.3 Å². The Balaban J connectivity index is 1.96. The van der Waals surface area contributed by atoms with Crippen LogP contribution in [0, 0.1) is 14.1 Å². The Kier molecular flexibility index (Phi) is 7.56. The molecule has 128 valence electrons. The zero-order valence-corrected chi connectivity index (χ0v) is 16.8. The molecular weight excluding hydrogens is 411 g/mol. The van der Waals surface area contributed by atoms with Gasteiger partial charge in [0.15, 0.2) is 7.14 Å². The highest BCUT2D eigenvalue weighted by Gasteiger charge is 2.19. The maximum Gasteiger partial charge on any atom is 0.358 e. The number of carbonyl (C=O) groups excluding carboxylic acids is 1. The lowest BCUT2D eigenvalue weighted by Crippen LogP contribution is -3.61. The number of benzene rings is 2.